The zero-order valence-electron chi connectivity index (χ0n) is 13.9. The van der Waals surface area contributed by atoms with E-state index in [4.69, 9.17) is 4.74 Å². The molecule has 1 N–H and O–H groups in total. The van der Waals surface area contributed by atoms with Crippen LogP contribution in [0.15, 0.2) is 23.1 Å². The Morgan fingerprint density at radius 1 is 1.30 bits per heavy atom. The fourth-order valence-electron chi connectivity index (χ4n) is 2.99. The van der Waals surface area contributed by atoms with Gasteiger partial charge in [-0.2, -0.15) is 0 Å². The highest BCUT2D eigenvalue weighted by Gasteiger charge is 2.46. The summed E-state index contributed by atoms with van der Waals surface area (Å²) in [5, 5.41) is 14.5. The zero-order valence-corrected chi connectivity index (χ0v) is 14.7. The number of hydrogen-bond donors (Lipinski definition) is 1. The number of nitro groups is 1. The summed E-state index contributed by atoms with van der Waals surface area (Å²) in [6.45, 7) is 7.79. The third-order valence-electron chi connectivity index (χ3n) is 4.00. The average Bonchev–Trinajstić information content (AvgIpc) is 2.55. The molecule has 1 unspecified atom stereocenters. The molecule has 128 valence electrons. The normalized spacial score (nSPS) is 22.7. The summed E-state index contributed by atoms with van der Waals surface area (Å²) in [7, 11) is -3.50. The van der Waals surface area contributed by atoms with Crippen molar-refractivity contribution in [3.63, 3.8) is 0 Å². The Labute approximate surface area is 136 Å². The van der Waals surface area contributed by atoms with Gasteiger partial charge < -0.3 is 10.1 Å². The van der Waals surface area contributed by atoms with Crippen molar-refractivity contribution in [1.29, 1.82) is 0 Å². The summed E-state index contributed by atoms with van der Waals surface area (Å²) in [5.41, 5.74) is -0.787. The Balaban J connectivity index is 2.39. The van der Waals surface area contributed by atoms with Crippen LogP contribution in [0.3, 0.4) is 0 Å². The number of hydrogen-bond acceptors (Lipinski definition) is 6. The first-order valence-corrected chi connectivity index (χ1v) is 9.16. The molecule has 1 heterocycles. The quantitative estimate of drug-likeness (QED) is 0.667. The molecule has 0 bridgehead atoms. The number of sulfone groups is 1. The fourth-order valence-corrected chi connectivity index (χ4v) is 3.63. The molecule has 1 aliphatic rings. The van der Waals surface area contributed by atoms with E-state index in [-0.39, 0.29) is 22.2 Å². The summed E-state index contributed by atoms with van der Waals surface area (Å²) >= 11 is 0. The Morgan fingerprint density at radius 2 is 1.91 bits per heavy atom. The third-order valence-corrected chi connectivity index (χ3v) is 5.11. The molecule has 0 saturated carbocycles. The molecule has 23 heavy (non-hydrogen) atoms. The van der Waals surface area contributed by atoms with Gasteiger partial charge in [-0.05, 0) is 46.2 Å². The molecular formula is C15H22N2O5S. The van der Waals surface area contributed by atoms with Crippen LogP contribution in [0.1, 0.15) is 34.1 Å². The van der Waals surface area contributed by atoms with Crippen LogP contribution in [0.25, 0.3) is 0 Å². The molecule has 1 saturated heterocycles. The number of rotatable bonds is 4. The lowest BCUT2D eigenvalue weighted by atomic mass is 9.94. The summed E-state index contributed by atoms with van der Waals surface area (Å²) in [5.74, 6) is 0. The van der Waals surface area contributed by atoms with Crippen molar-refractivity contribution in [2.75, 3.05) is 11.6 Å². The Kier molecular flexibility index (Phi) is 4.19. The van der Waals surface area contributed by atoms with E-state index in [0.717, 1.165) is 12.3 Å². The number of benzene rings is 1. The summed E-state index contributed by atoms with van der Waals surface area (Å²) in [6.07, 6.45) is 1.71. The van der Waals surface area contributed by atoms with E-state index in [0.29, 0.717) is 12.1 Å². The van der Waals surface area contributed by atoms with Gasteiger partial charge in [0.05, 0.1) is 27.1 Å². The summed E-state index contributed by atoms with van der Waals surface area (Å²) in [6, 6.07) is 3.78. The average molecular weight is 342 g/mol. The Bertz CT molecular complexity index is 740. The number of nitrogens with one attached hydrogen (secondary N) is 1. The lowest BCUT2D eigenvalue weighted by Crippen LogP contribution is -2.38. The van der Waals surface area contributed by atoms with Crippen LogP contribution in [0, 0.1) is 10.1 Å². The molecule has 1 aliphatic heterocycles. The SMILES string of the molecule is CC1(C)CC(Nc2ccc(S(C)(=O)=O)cc2[N+](=O)[O-])C(C)(C)O1. The molecule has 0 aliphatic carbocycles. The molecule has 2 rings (SSSR count). The van der Waals surface area contributed by atoms with Gasteiger partial charge in [0.25, 0.3) is 5.69 Å². The summed E-state index contributed by atoms with van der Waals surface area (Å²) in [4.78, 5) is 10.7. The molecule has 0 aromatic heterocycles. The van der Waals surface area contributed by atoms with Crippen LogP contribution in [0.5, 0.6) is 0 Å². The van der Waals surface area contributed by atoms with E-state index in [1.54, 1.807) is 0 Å². The maximum atomic E-state index is 11.6. The molecule has 0 amide bonds. The molecule has 1 aromatic carbocycles. The first-order chi connectivity index (χ1) is 10.3. The van der Waals surface area contributed by atoms with Crippen LogP contribution >= 0.6 is 0 Å². The second-order valence-electron chi connectivity index (χ2n) is 7.07. The highest BCUT2D eigenvalue weighted by molar-refractivity contribution is 7.90. The van der Waals surface area contributed by atoms with Crippen LogP contribution < -0.4 is 5.32 Å². The van der Waals surface area contributed by atoms with Crippen molar-refractivity contribution in [1.82, 2.24) is 0 Å². The van der Waals surface area contributed by atoms with Gasteiger partial charge >= 0.3 is 0 Å². The van der Waals surface area contributed by atoms with Gasteiger partial charge in [-0.3, -0.25) is 10.1 Å². The zero-order chi connectivity index (χ0) is 17.6. The van der Waals surface area contributed by atoms with E-state index in [1.807, 2.05) is 27.7 Å². The first-order valence-electron chi connectivity index (χ1n) is 7.27. The molecule has 0 radical (unpaired) electrons. The number of anilines is 1. The van der Waals surface area contributed by atoms with Gasteiger partial charge in [0.15, 0.2) is 9.84 Å². The smallest absolute Gasteiger partial charge is 0.293 e. The van der Waals surface area contributed by atoms with Gasteiger partial charge in [0, 0.05) is 12.3 Å². The number of nitrogens with zero attached hydrogens (tertiary/aromatic N) is 1. The maximum Gasteiger partial charge on any atom is 0.293 e. The van der Waals surface area contributed by atoms with Crippen molar-refractivity contribution in [3.8, 4) is 0 Å². The predicted octanol–water partition coefficient (Wildman–Crippen LogP) is 2.76. The second kappa shape index (κ2) is 5.45. The highest BCUT2D eigenvalue weighted by atomic mass is 32.2. The minimum absolute atomic E-state index is 0.0722. The van der Waals surface area contributed by atoms with Gasteiger partial charge in [-0.1, -0.05) is 0 Å². The number of nitro benzene ring substituents is 1. The van der Waals surface area contributed by atoms with Crippen LogP contribution in [-0.2, 0) is 14.6 Å². The van der Waals surface area contributed by atoms with E-state index in [2.05, 4.69) is 5.32 Å². The molecule has 7 nitrogen and oxygen atoms in total. The molecular weight excluding hydrogens is 320 g/mol. The van der Waals surface area contributed by atoms with Gasteiger partial charge in [0.1, 0.15) is 5.69 Å². The maximum absolute atomic E-state index is 11.6. The van der Waals surface area contributed by atoms with E-state index in [1.165, 1.54) is 12.1 Å². The lowest BCUT2D eigenvalue weighted by molar-refractivity contribution is -0.384. The van der Waals surface area contributed by atoms with Crippen molar-refractivity contribution in [3.05, 3.63) is 28.3 Å². The van der Waals surface area contributed by atoms with Gasteiger partial charge in [-0.15, -0.1) is 0 Å². The van der Waals surface area contributed by atoms with Crippen molar-refractivity contribution in [2.24, 2.45) is 0 Å². The molecule has 0 spiro atoms. The second-order valence-corrected chi connectivity index (χ2v) is 9.09. The van der Waals surface area contributed by atoms with E-state index < -0.39 is 20.4 Å². The van der Waals surface area contributed by atoms with E-state index in [9.17, 15) is 18.5 Å². The Hall–Kier alpha value is -1.67. The lowest BCUT2D eigenvalue weighted by Gasteiger charge is -2.28. The van der Waals surface area contributed by atoms with Crippen LogP contribution in [0.2, 0.25) is 0 Å². The van der Waals surface area contributed by atoms with Crippen molar-refractivity contribution < 1.29 is 18.1 Å². The minimum Gasteiger partial charge on any atom is -0.374 e. The summed E-state index contributed by atoms with van der Waals surface area (Å²) < 4.78 is 29.1. The predicted molar refractivity (Wildman–Crippen MR) is 87.5 cm³/mol. The van der Waals surface area contributed by atoms with Crippen molar-refractivity contribution in [2.45, 2.75) is 56.3 Å². The standard InChI is InChI=1S/C15H22N2O5S/c1-14(2)9-13(15(3,4)22-14)16-11-7-6-10(23(5,20)21)8-12(11)17(18)19/h6-8,13,16H,9H2,1-5H3. The largest absolute Gasteiger partial charge is 0.374 e. The van der Waals surface area contributed by atoms with Gasteiger partial charge in [-0.25, -0.2) is 8.42 Å². The Morgan fingerprint density at radius 3 is 2.35 bits per heavy atom. The number of ether oxygens (including phenoxy) is 1. The van der Waals surface area contributed by atoms with Crippen LogP contribution in [0.4, 0.5) is 11.4 Å². The first kappa shape index (κ1) is 17.7. The molecule has 8 heteroatoms. The minimum atomic E-state index is -3.50. The van der Waals surface area contributed by atoms with E-state index >= 15 is 0 Å². The van der Waals surface area contributed by atoms with Crippen molar-refractivity contribution >= 4 is 21.2 Å². The highest BCUT2D eigenvalue weighted by Crippen LogP contribution is 2.40. The molecule has 1 atom stereocenters. The van der Waals surface area contributed by atoms with Gasteiger partial charge in [0.2, 0.25) is 0 Å². The third kappa shape index (κ3) is 3.81. The fraction of sp³-hybridized carbons (Fsp3) is 0.600. The van der Waals surface area contributed by atoms with Crippen LogP contribution in [-0.4, -0.2) is 36.8 Å². The monoisotopic (exact) mass is 342 g/mol. The molecule has 1 fully saturated rings. The molecule has 1 aromatic rings. The topological polar surface area (TPSA) is 98.5 Å².